The lowest BCUT2D eigenvalue weighted by Crippen LogP contribution is -1.98. The van der Waals surface area contributed by atoms with Crippen LogP contribution < -0.4 is 10.1 Å². The second-order valence-electron chi connectivity index (χ2n) is 4.07. The van der Waals surface area contributed by atoms with Gasteiger partial charge >= 0.3 is 0 Å². The highest BCUT2D eigenvalue weighted by Crippen LogP contribution is 2.14. The van der Waals surface area contributed by atoms with E-state index in [1.807, 2.05) is 43.4 Å². The van der Waals surface area contributed by atoms with Gasteiger partial charge in [-0.05, 0) is 23.8 Å². The summed E-state index contributed by atoms with van der Waals surface area (Å²) in [7, 11) is 1.83. The average Bonchev–Trinajstić information content (AvgIpc) is 2.47. The third-order valence-corrected chi connectivity index (χ3v) is 2.69. The molecule has 0 saturated heterocycles. The first kappa shape index (κ1) is 12.9. The summed E-state index contributed by atoms with van der Waals surface area (Å²) in [6.07, 6.45) is 2.21. The molecule has 0 saturated carbocycles. The Bertz CT molecular complexity index is 555. The number of hydrogen-bond acceptors (Lipinski definition) is 4. The molecule has 0 bridgehead atoms. The molecule has 4 heteroatoms. The van der Waals surface area contributed by atoms with Crippen LogP contribution in [0.5, 0.6) is 5.75 Å². The van der Waals surface area contributed by atoms with Gasteiger partial charge in [-0.1, -0.05) is 18.2 Å². The van der Waals surface area contributed by atoms with Gasteiger partial charge in [0, 0.05) is 18.8 Å². The molecule has 0 unspecified atom stereocenters. The van der Waals surface area contributed by atoms with Gasteiger partial charge in [-0.25, -0.2) is 4.98 Å². The minimum atomic E-state index is 0.426. The van der Waals surface area contributed by atoms with Crippen LogP contribution in [0.2, 0.25) is 0 Å². The van der Waals surface area contributed by atoms with Crippen molar-refractivity contribution in [1.29, 1.82) is 5.26 Å². The molecule has 4 nitrogen and oxygen atoms in total. The highest BCUT2D eigenvalue weighted by Gasteiger charge is 1.98. The van der Waals surface area contributed by atoms with Gasteiger partial charge in [-0.2, -0.15) is 5.26 Å². The normalized spacial score (nSPS) is 9.68. The molecule has 2 aromatic rings. The number of nitrogens with one attached hydrogen (secondary N) is 1. The summed E-state index contributed by atoms with van der Waals surface area (Å²) in [5, 5.41) is 11.6. The van der Waals surface area contributed by atoms with Crippen molar-refractivity contribution in [2.24, 2.45) is 0 Å². The predicted octanol–water partition coefficient (Wildman–Crippen LogP) is 2.77. The van der Waals surface area contributed by atoms with Gasteiger partial charge < -0.3 is 10.1 Å². The van der Waals surface area contributed by atoms with E-state index in [-0.39, 0.29) is 0 Å². The standard InChI is InChI=1S/C15H15N3O/c1-17-15-7-4-13(10-18-15)11-19-14-5-2-12(3-6-14)8-9-16/h2-7,10H,8,11H2,1H3,(H,17,18). The zero-order valence-electron chi connectivity index (χ0n) is 10.8. The Hall–Kier alpha value is -2.54. The van der Waals surface area contributed by atoms with Crippen molar-refractivity contribution in [2.45, 2.75) is 13.0 Å². The van der Waals surface area contributed by atoms with Gasteiger partial charge in [-0.15, -0.1) is 0 Å². The molecule has 0 aliphatic heterocycles. The van der Waals surface area contributed by atoms with Crippen molar-refractivity contribution >= 4 is 5.82 Å². The number of nitriles is 1. The first-order valence-electron chi connectivity index (χ1n) is 6.03. The zero-order valence-corrected chi connectivity index (χ0v) is 10.8. The van der Waals surface area contributed by atoms with Gasteiger partial charge in [-0.3, -0.25) is 0 Å². The van der Waals surface area contributed by atoms with E-state index in [1.54, 1.807) is 6.20 Å². The lowest BCUT2D eigenvalue weighted by atomic mass is 10.2. The van der Waals surface area contributed by atoms with Gasteiger partial charge in [0.1, 0.15) is 18.2 Å². The van der Waals surface area contributed by atoms with E-state index in [2.05, 4.69) is 16.4 Å². The first-order valence-corrected chi connectivity index (χ1v) is 6.03. The van der Waals surface area contributed by atoms with Crippen molar-refractivity contribution in [1.82, 2.24) is 4.98 Å². The van der Waals surface area contributed by atoms with Crippen molar-refractivity contribution in [2.75, 3.05) is 12.4 Å². The van der Waals surface area contributed by atoms with E-state index < -0.39 is 0 Å². The third-order valence-electron chi connectivity index (χ3n) is 2.69. The van der Waals surface area contributed by atoms with E-state index >= 15 is 0 Å². The topological polar surface area (TPSA) is 57.9 Å². The fourth-order valence-corrected chi connectivity index (χ4v) is 1.62. The van der Waals surface area contributed by atoms with Crippen LogP contribution in [0.3, 0.4) is 0 Å². The van der Waals surface area contributed by atoms with Crippen molar-refractivity contribution in [3.63, 3.8) is 0 Å². The maximum Gasteiger partial charge on any atom is 0.125 e. The van der Waals surface area contributed by atoms with Crippen molar-refractivity contribution in [3.8, 4) is 11.8 Å². The molecule has 0 amide bonds. The Morgan fingerprint density at radius 2 is 1.89 bits per heavy atom. The van der Waals surface area contributed by atoms with Crippen LogP contribution in [0.1, 0.15) is 11.1 Å². The summed E-state index contributed by atoms with van der Waals surface area (Å²) >= 11 is 0. The summed E-state index contributed by atoms with van der Waals surface area (Å²) in [6, 6.07) is 13.6. The summed E-state index contributed by atoms with van der Waals surface area (Å²) < 4.78 is 5.66. The quantitative estimate of drug-likeness (QED) is 0.890. The highest BCUT2D eigenvalue weighted by molar-refractivity contribution is 5.34. The van der Waals surface area contributed by atoms with E-state index in [0.717, 1.165) is 22.7 Å². The second kappa shape index (κ2) is 6.41. The summed E-state index contributed by atoms with van der Waals surface area (Å²) in [5.74, 6) is 1.63. The van der Waals surface area contributed by atoms with Crippen LogP contribution >= 0.6 is 0 Å². The fraction of sp³-hybridized carbons (Fsp3) is 0.200. The SMILES string of the molecule is CNc1ccc(COc2ccc(CC#N)cc2)cn1. The second-order valence-corrected chi connectivity index (χ2v) is 4.07. The molecule has 0 radical (unpaired) electrons. The van der Waals surface area contributed by atoms with E-state index in [0.29, 0.717) is 13.0 Å². The summed E-state index contributed by atoms with van der Waals surface area (Å²) in [5.41, 5.74) is 2.01. The molecule has 0 aliphatic rings. The number of hydrogen-bond donors (Lipinski definition) is 1. The predicted molar refractivity (Wildman–Crippen MR) is 73.9 cm³/mol. The lowest BCUT2D eigenvalue weighted by molar-refractivity contribution is 0.305. The van der Waals surface area contributed by atoms with E-state index in [9.17, 15) is 0 Å². The zero-order chi connectivity index (χ0) is 13.5. The number of pyridine rings is 1. The van der Waals surface area contributed by atoms with Gasteiger partial charge in [0.15, 0.2) is 0 Å². The Morgan fingerprint density at radius 3 is 2.47 bits per heavy atom. The van der Waals surface area contributed by atoms with Gasteiger partial charge in [0.2, 0.25) is 0 Å². The van der Waals surface area contributed by atoms with Gasteiger partial charge in [0.05, 0.1) is 12.5 Å². The van der Waals surface area contributed by atoms with Gasteiger partial charge in [0.25, 0.3) is 0 Å². The van der Waals surface area contributed by atoms with Crippen LogP contribution in [0.4, 0.5) is 5.82 Å². The number of rotatable bonds is 5. The molecule has 0 aliphatic carbocycles. The minimum Gasteiger partial charge on any atom is -0.489 e. The minimum absolute atomic E-state index is 0.426. The largest absolute Gasteiger partial charge is 0.489 e. The van der Waals surface area contributed by atoms with Crippen LogP contribution in [0.25, 0.3) is 0 Å². The van der Waals surface area contributed by atoms with Crippen LogP contribution in [0, 0.1) is 11.3 Å². The molecule has 1 aromatic carbocycles. The molecule has 0 atom stereocenters. The number of aromatic nitrogens is 1. The summed E-state index contributed by atoms with van der Waals surface area (Å²) in [6.45, 7) is 0.481. The summed E-state index contributed by atoms with van der Waals surface area (Å²) in [4.78, 5) is 4.22. The molecule has 19 heavy (non-hydrogen) atoms. The Labute approximate surface area is 112 Å². The smallest absolute Gasteiger partial charge is 0.125 e. The number of nitrogens with zero attached hydrogens (tertiary/aromatic N) is 2. The number of benzene rings is 1. The highest BCUT2D eigenvalue weighted by atomic mass is 16.5. The fourth-order valence-electron chi connectivity index (χ4n) is 1.62. The Kier molecular flexibility index (Phi) is 4.35. The number of ether oxygens (including phenoxy) is 1. The molecular formula is C15H15N3O. The Morgan fingerprint density at radius 1 is 1.16 bits per heavy atom. The third kappa shape index (κ3) is 3.71. The molecule has 1 aromatic heterocycles. The number of anilines is 1. The molecule has 96 valence electrons. The van der Waals surface area contributed by atoms with Crippen LogP contribution in [-0.4, -0.2) is 12.0 Å². The van der Waals surface area contributed by atoms with E-state index in [4.69, 9.17) is 10.00 Å². The average molecular weight is 253 g/mol. The molecule has 1 heterocycles. The molecular weight excluding hydrogens is 238 g/mol. The first-order chi connectivity index (χ1) is 9.31. The molecule has 2 rings (SSSR count). The van der Waals surface area contributed by atoms with Crippen molar-refractivity contribution < 1.29 is 4.74 Å². The molecule has 1 N–H and O–H groups in total. The molecule has 0 fully saturated rings. The maximum absolute atomic E-state index is 8.59. The van der Waals surface area contributed by atoms with Crippen LogP contribution in [0.15, 0.2) is 42.6 Å². The maximum atomic E-state index is 8.59. The van der Waals surface area contributed by atoms with E-state index in [1.165, 1.54) is 0 Å². The van der Waals surface area contributed by atoms with Crippen LogP contribution in [-0.2, 0) is 13.0 Å². The lowest BCUT2D eigenvalue weighted by Gasteiger charge is -2.07. The molecule has 0 spiro atoms. The monoisotopic (exact) mass is 253 g/mol. The van der Waals surface area contributed by atoms with Crippen molar-refractivity contribution in [3.05, 3.63) is 53.7 Å². The Balaban J connectivity index is 1.92.